The van der Waals surface area contributed by atoms with Gasteiger partial charge in [0.15, 0.2) is 0 Å². The lowest BCUT2D eigenvalue weighted by Crippen LogP contribution is -2.26. The Morgan fingerprint density at radius 2 is 1.79 bits per heavy atom. The standard InChI is InChI=1S/C11H17NO2/c1-11(2,8-14-12)9-4-6-10(13-3)7-5-9/h4-7H,8,12H2,1-3H3. The summed E-state index contributed by atoms with van der Waals surface area (Å²) in [5.41, 5.74) is 1.12. The van der Waals surface area contributed by atoms with Crippen molar-refractivity contribution >= 4 is 0 Å². The van der Waals surface area contributed by atoms with Gasteiger partial charge in [0.05, 0.1) is 13.7 Å². The van der Waals surface area contributed by atoms with Crippen LogP contribution in [0.25, 0.3) is 0 Å². The van der Waals surface area contributed by atoms with Gasteiger partial charge in [0.1, 0.15) is 5.75 Å². The topological polar surface area (TPSA) is 44.5 Å². The lowest BCUT2D eigenvalue weighted by Gasteiger charge is -2.23. The second-order valence-corrected chi connectivity index (χ2v) is 3.92. The number of benzene rings is 1. The molecule has 0 fully saturated rings. The number of nitrogens with two attached hydrogens (primary N) is 1. The number of rotatable bonds is 4. The summed E-state index contributed by atoms with van der Waals surface area (Å²) < 4.78 is 5.09. The maximum atomic E-state index is 5.09. The van der Waals surface area contributed by atoms with Crippen molar-refractivity contribution in [2.24, 2.45) is 5.90 Å². The number of methoxy groups -OCH3 is 1. The van der Waals surface area contributed by atoms with E-state index in [-0.39, 0.29) is 5.41 Å². The van der Waals surface area contributed by atoms with Crippen LogP contribution in [0, 0.1) is 0 Å². The van der Waals surface area contributed by atoms with E-state index < -0.39 is 0 Å². The molecule has 0 atom stereocenters. The average Bonchev–Trinajstić information content (AvgIpc) is 2.18. The first kappa shape index (κ1) is 11.0. The molecule has 0 amide bonds. The zero-order chi connectivity index (χ0) is 10.6. The molecule has 0 saturated carbocycles. The second kappa shape index (κ2) is 4.44. The molecule has 0 radical (unpaired) electrons. The molecule has 0 aliphatic rings. The van der Waals surface area contributed by atoms with Crippen LogP contribution in [0.3, 0.4) is 0 Å². The summed E-state index contributed by atoms with van der Waals surface area (Å²) in [5.74, 6) is 5.94. The molecular weight excluding hydrogens is 178 g/mol. The van der Waals surface area contributed by atoms with Gasteiger partial charge >= 0.3 is 0 Å². The van der Waals surface area contributed by atoms with Gasteiger partial charge in [0, 0.05) is 5.41 Å². The summed E-state index contributed by atoms with van der Waals surface area (Å²) in [7, 11) is 1.66. The van der Waals surface area contributed by atoms with E-state index in [2.05, 4.69) is 18.7 Å². The molecule has 2 N–H and O–H groups in total. The molecule has 1 aromatic rings. The lowest BCUT2D eigenvalue weighted by molar-refractivity contribution is 0.0964. The SMILES string of the molecule is COc1ccc(C(C)(C)CON)cc1. The Morgan fingerprint density at radius 3 is 2.21 bits per heavy atom. The van der Waals surface area contributed by atoms with E-state index in [1.54, 1.807) is 7.11 Å². The average molecular weight is 195 g/mol. The first-order valence-electron chi connectivity index (χ1n) is 4.56. The van der Waals surface area contributed by atoms with Crippen LogP contribution in [0.5, 0.6) is 5.75 Å². The van der Waals surface area contributed by atoms with Gasteiger partial charge in [-0.1, -0.05) is 26.0 Å². The zero-order valence-electron chi connectivity index (χ0n) is 8.91. The molecule has 0 aliphatic carbocycles. The van der Waals surface area contributed by atoms with Crippen LogP contribution in [0.2, 0.25) is 0 Å². The Kier molecular flexibility index (Phi) is 3.49. The van der Waals surface area contributed by atoms with Crippen molar-refractivity contribution in [3.8, 4) is 5.75 Å². The minimum Gasteiger partial charge on any atom is -0.497 e. The Balaban J connectivity index is 2.85. The maximum absolute atomic E-state index is 5.09. The molecule has 78 valence electrons. The van der Waals surface area contributed by atoms with Gasteiger partial charge in [0.25, 0.3) is 0 Å². The molecule has 0 aromatic heterocycles. The summed E-state index contributed by atoms with van der Waals surface area (Å²) in [6.45, 7) is 4.67. The van der Waals surface area contributed by atoms with E-state index in [1.807, 2.05) is 24.3 Å². The van der Waals surface area contributed by atoms with Crippen molar-refractivity contribution in [3.05, 3.63) is 29.8 Å². The van der Waals surface area contributed by atoms with Crippen LogP contribution >= 0.6 is 0 Å². The third kappa shape index (κ3) is 2.47. The number of hydrogen-bond donors (Lipinski definition) is 1. The van der Waals surface area contributed by atoms with E-state index in [0.29, 0.717) is 6.61 Å². The van der Waals surface area contributed by atoms with E-state index >= 15 is 0 Å². The van der Waals surface area contributed by atoms with Crippen LogP contribution in [0.1, 0.15) is 19.4 Å². The Labute approximate surface area is 84.8 Å². The molecule has 0 unspecified atom stereocenters. The van der Waals surface area contributed by atoms with Crippen molar-refractivity contribution in [1.82, 2.24) is 0 Å². The van der Waals surface area contributed by atoms with Crippen molar-refractivity contribution in [3.63, 3.8) is 0 Å². The Hall–Kier alpha value is -1.06. The minimum atomic E-state index is -0.0684. The van der Waals surface area contributed by atoms with Gasteiger partial charge in [-0.15, -0.1) is 0 Å². The fourth-order valence-corrected chi connectivity index (χ4v) is 1.33. The third-order valence-electron chi connectivity index (χ3n) is 2.32. The summed E-state index contributed by atoms with van der Waals surface area (Å²) in [5, 5.41) is 0. The van der Waals surface area contributed by atoms with Crippen molar-refractivity contribution in [1.29, 1.82) is 0 Å². The summed E-state index contributed by atoms with van der Waals surface area (Å²) >= 11 is 0. The van der Waals surface area contributed by atoms with Crippen LogP contribution in [0.4, 0.5) is 0 Å². The Morgan fingerprint density at radius 1 is 1.21 bits per heavy atom. The van der Waals surface area contributed by atoms with Gasteiger partial charge in [-0.05, 0) is 17.7 Å². The van der Waals surface area contributed by atoms with Crippen molar-refractivity contribution in [2.75, 3.05) is 13.7 Å². The molecule has 14 heavy (non-hydrogen) atoms. The maximum Gasteiger partial charge on any atom is 0.118 e. The predicted molar refractivity (Wildman–Crippen MR) is 56.2 cm³/mol. The highest BCUT2D eigenvalue weighted by molar-refractivity contribution is 5.31. The lowest BCUT2D eigenvalue weighted by atomic mass is 9.86. The third-order valence-corrected chi connectivity index (χ3v) is 2.32. The molecule has 0 aliphatic heterocycles. The number of ether oxygens (including phenoxy) is 1. The van der Waals surface area contributed by atoms with Gasteiger partial charge in [-0.25, -0.2) is 5.90 Å². The monoisotopic (exact) mass is 195 g/mol. The summed E-state index contributed by atoms with van der Waals surface area (Å²) in [6.07, 6.45) is 0. The molecular formula is C11H17NO2. The molecule has 0 heterocycles. The van der Waals surface area contributed by atoms with Gasteiger partial charge < -0.3 is 9.57 Å². The molecule has 0 saturated heterocycles. The van der Waals surface area contributed by atoms with Gasteiger partial charge in [-0.2, -0.15) is 0 Å². The zero-order valence-corrected chi connectivity index (χ0v) is 8.91. The fourth-order valence-electron chi connectivity index (χ4n) is 1.33. The Bertz CT molecular complexity index is 280. The number of hydrogen-bond acceptors (Lipinski definition) is 3. The van der Waals surface area contributed by atoms with E-state index in [0.717, 1.165) is 5.75 Å². The molecule has 3 nitrogen and oxygen atoms in total. The highest BCUT2D eigenvalue weighted by Gasteiger charge is 2.20. The molecule has 1 rings (SSSR count). The predicted octanol–water partition coefficient (Wildman–Crippen LogP) is 1.86. The van der Waals surface area contributed by atoms with Gasteiger partial charge in [-0.3, -0.25) is 0 Å². The molecule has 3 heteroatoms. The normalized spacial score (nSPS) is 11.4. The van der Waals surface area contributed by atoms with Gasteiger partial charge in [0.2, 0.25) is 0 Å². The highest BCUT2D eigenvalue weighted by atomic mass is 16.6. The fraction of sp³-hybridized carbons (Fsp3) is 0.455. The van der Waals surface area contributed by atoms with Crippen LogP contribution in [-0.2, 0) is 10.3 Å². The molecule has 0 spiro atoms. The largest absolute Gasteiger partial charge is 0.497 e. The first-order valence-corrected chi connectivity index (χ1v) is 4.56. The van der Waals surface area contributed by atoms with Crippen LogP contribution in [0.15, 0.2) is 24.3 Å². The van der Waals surface area contributed by atoms with E-state index in [9.17, 15) is 0 Å². The second-order valence-electron chi connectivity index (χ2n) is 3.92. The first-order chi connectivity index (χ1) is 6.60. The van der Waals surface area contributed by atoms with Crippen molar-refractivity contribution < 1.29 is 9.57 Å². The molecule has 1 aromatic carbocycles. The van der Waals surface area contributed by atoms with E-state index in [1.165, 1.54) is 5.56 Å². The minimum absolute atomic E-state index is 0.0684. The van der Waals surface area contributed by atoms with Crippen LogP contribution in [-0.4, -0.2) is 13.7 Å². The van der Waals surface area contributed by atoms with E-state index in [4.69, 9.17) is 10.6 Å². The smallest absolute Gasteiger partial charge is 0.118 e. The molecule has 0 bridgehead atoms. The highest BCUT2D eigenvalue weighted by Crippen LogP contribution is 2.24. The summed E-state index contributed by atoms with van der Waals surface area (Å²) in [4.78, 5) is 4.69. The quantitative estimate of drug-likeness (QED) is 0.746. The summed E-state index contributed by atoms with van der Waals surface area (Å²) in [6, 6.07) is 7.93. The van der Waals surface area contributed by atoms with Crippen molar-refractivity contribution in [2.45, 2.75) is 19.3 Å². The van der Waals surface area contributed by atoms with Crippen LogP contribution < -0.4 is 10.6 Å².